The molecule has 1 fully saturated rings. The van der Waals surface area contributed by atoms with Gasteiger partial charge in [0.25, 0.3) is 0 Å². The van der Waals surface area contributed by atoms with Gasteiger partial charge in [-0.2, -0.15) is 0 Å². The van der Waals surface area contributed by atoms with Crippen LogP contribution in [0.4, 0.5) is 5.82 Å². The first kappa shape index (κ1) is 12.3. The molecule has 0 radical (unpaired) electrons. The summed E-state index contributed by atoms with van der Waals surface area (Å²) in [5, 5.41) is 0. The lowest BCUT2D eigenvalue weighted by Crippen LogP contribution is -2.33. The smallest absolute Gasteiger partial charge is 0.158 e. The quantitative estimate of drug-likeness (QED) is 0.609. The first-order valence-corrected chi connectivity index (χ1v) is 6.22. The molecule has 1 aromatic rings. The first-order chi connectivity index (χ1) is 8.20. The summed E-state index contributed by atoms with van der Waals surface area (Å²) in [6.45, 7) is 6.63. The van der Waals surface area contributed by atoms with Crippen molar-refractivity contribution in [2.24, 2.45) is 11.8 Å². The van der Waals surface area contributed by atoms with E-state index in [-0.39, 0.29) is 0 Å². The van der Waals surface area contributed by atoms with Crippen molar-refractivity contribution in [2.45, 2.75) is 39.3 Å². The zero-order valence-corrected chi connectivity index (χ0v) is 10.6. The molecule has 94 valence electrons. The van der Waals surface area contributed by atoms with Crippen molar-refractivity contribution in [3.8, 4) is 0 Å². The van der Waals surface area contributed by atoms with E-state index < -0.39 is 0 Å². The molecule has 1 aliphatic rings. The van der Waals surface area contributed by atoms with Crippen molar-refractivity contribution in [2.75, 3.05) is 12.0 Å². The molecule has 0 saturated carbocycles. The van der Waals surface area contributed by atoms with Crippen LogP contribution in [0.3, 0.4) is 0 Å². The van der Waals surface area contributed by atoms with Crippen LogP contribution in [0.15, 0.2) is 12.4 Å². The molecule has 5 heteroatoms. The number of nitrogens with zero attached hydrogens (tertiary/aromatic N) is 3. The molecular formula is C12H21N5. The van der Waals surface area contributed by atoms with Crippen molar-refractivity contribution >= 4 is 5.82 Å². The average molecular weight is 235 g/mol. The minimum atomic E-state index is 0.607. The van der Waals surface area contributed by atoms with E-state index >= 15 is 0 Å². The van der Waals surface area contributed by atoms with Gasteiger partial charge in [0, 0.05) is 12.6 Å². The lowest BCUT2D eigenvalue weighted by Gasteiger charge is -2.27. The van der Waals surface area contributed by atoms with Crippen LogP contribution in [-0.4, -0.2) is 27.5 Å². The van der Waals surface area contributed by atoms with Gasteiger partial charge in [0.15, 0.2) is 5.82 Å². The van der Waals surface area contributed by atoms with Crippen molar-refractivity contribution in [3.63, 3.8) is 0 Å². The summed E-state index contributed by atoms with van der Waals surface area (Å²) >= 11 is 0. The second-order valence-corrected chi connectivity index (χ2v) is 4.96. The second-order valence-electron chi connectivity index (χ2n) is 4.96. The Hall–Kier alpha value is -1.20. The Morgan fingerprint density at radius 2 is 2.29 bits per heavy atom. The van der Waals surface area contributed by atoms with E-state index in [1.54, 1.807) is 12.4 Å². The Kier molecular flexibility index (Phi) is 3.91. The normalized spacial score (nSPS) is 21.1. The van der Waals surface area contributed by atoms with Crippen LogP contribution in [0.25, 0.3) is 0 Å². The fourth-order valence-corrected chi connectivity index (χ4v) is 2.52. The summed E-state index contributed by atoms with van der Waals surface area (Å²) in [6.07, 6.45) is 6.06. The molecule has 0 aromatic carbocycles. The molecule has 1 aliphatic heterocycles. The summed E-state index contributed by atoms with van der Waals surface area (Å²) in [5.41, 5.74) is 3.50. The molecule has 17 heavy (non-hydrogen) atoms. The molecule has 0 spiro atoms. The number of likely N-dealkylation sites (tertiary alicyclic amines) is 1. The van der Waals surface area contributed by atoms with E-state index in [1.807, 2.05) is 0 Å². The monoisotopic (exact) mass is 235 g/mol. The van der Waals surface area contributed by atoms with Gasteiger partial charge in [-0.05, 0) is 25.3 Å². The predicted octanol–water partition coefficient (Wildman–Crippen LogP) is 1.38. The topological polar surface area (TPSA) is 67.1 Å². The third kappa shape index (κ3) is 2.92. The van der Waals surface area contributed by atoms with E-state index in [2.05, 4.69) is 34.1 Å². The van der Waals surface area contributed by atoms with Gasteiger partial charge in [0.1, 0.15) is 0 Å². The van der Waals surface area contributed by atoms with Crippen LogP contribution in [0.5, 0.6) is 0 Å². The van der Waals surface area contributed by atoms with Crippen LogP contribution in [0.2, 0.25) is 0 Å². The number of nitrogen functional groups attached to an aromatic ring is 1. The number of hydrazine groups is 1. The number of rotatable bonds is 4. The minimum Gasteiger partial charge on any atom is -0.307 e. The van der Waals surface area contributed by atoms with E-state index in [1.165, 1.54) is 19.4 Å². The summed E-state index contributed by atoms with van der Waals surface area (Å²) in [7, 11) is 0. The highest BCUT2D eigenvalue weighted by molar-refractivity contribution is 5.28. The van der Waals surface area contributed by atoms with E-state index in [9.17, 15) is 0 Å². The van der Waals surface area contributed by atoms with Gasteiger partial charge in [-0.15, -0.1) is 0 Å². The summed E-state index contributed by atoms with van der Waals surface area (Å²) in [5.74, 6) is 6.57. The average Bonchev–Trinajstić information content (AvgIpc) is 2.78. The molecule has 5 nitrogen and oxygen atoms in total. The lowest BCUT2D eigenvalue weighted by atomic mass is 10.0. The Labute approximate surface area is 102 Å². The highest BCUT2D eigenvalue weighted by atomic mass is 15.3. The number of hydrogen-bond donors (Lipinski definition) is 2. The molecule has 2 rings (SSSR count). The standard InChI is InChI=1S/C12H21N5/c1-9(2)11-4-3-5-17(11)8-10-6-15-12(16-13)7-14-10/h6-7,9,11H,3-5,8,13H2,1-2H3,(H,15,16). The summed E-state index contributed by atoms with van der Waals surface area (Å²) < 4.78 is 0. The fraction of sp³-hybridized carbons (Fsp3) is 0.667. The molecule has 0 bridgehead atoms. The molecule has 1 unspecified atom stereocenters. The third-order valence-corrected chi connectivity index (χ3v) is 3.40. The lowest BCUT2D eigenvalue weighted by molar-refractivity contribution is 0.196. The molecule has 0 aliphatic carbocycles. The van der Waals surface area contributed by atoms with Crippen LogP contribution in [0, 0.1) is 5.92 Å². The van der Waals surface area contributed by atoms with Crippen molar-refractivity contribution < 1.29 is 0 Å². The molecule has 0 amide bonds. The maximum atomic E-state index is 5.26. The van der Waals surface area contributed by atoms with Gasteiger partial charge in [-0.1, -0.05) is 13.8 Å². The van der Waals surface area contributed by atoms with Crippen molar-refractivity contribution in [1.29, 1.82) is 0 Å². The number of aromatic nitrogens is 2. The van der Waals surface area contributed by atoms with Gasteiger partial charge in [0.2, 0.25) is 0 Å². The van der Waals surface area contributed by atoms with E-state index in [0.29, 0.717) is 17.8 Å². The fourth-order valence-electron chi connectivity index (χ4n) is 2.52. The van der Waals surface area contributed by atoms with E-state index in [0.717, 1.165) is 12.2 Å². The number of nitrogens with one attached hydrogen (secondary N) is 1. The summed E-state index contributed by atoms with van der Waals surface area (Å²) in [6, 6.07) is 0.684. The largest absolute Gasteiger partial charge is 0.307 e. The molecule has 2 heterocycles. The molecule has 1 atom stereocenters. The van der Waals surface area contributed by atoms with Gasteiger partial charge in [-0.3, -0.25) is 9.88 Å². The Morgan fingerprint density at radius 3 is 2.88 bits per heavy atom. The number of anilines is 1. The van der Waals surface area contributed by atoms with Crippen LogP contribution in [-0.2, 0) is 6.54 Å². The molecular weight excluding hydrogens is 214 g/mol. The first-order valence-electron chi connectivity index (χ1n) is 6.22. The highest BCUT2D eigenvalue weighted by Gasteiger charge is 2.27. The Bertz CT molecular complexity index is 348. The second kappa shape index (κ2) is 5.42. The Morgan fingerprint density at radius 1 is 1.47 bits per heavy atom. The van der Waals surface area contributed by atoms with E-state index in [4.69, 9.17) is 5.84 Å². The minimum absolute atomic E-state index is 0.607. The number of hydrogen-bond acceptors (Lipinski definition) is 5. The zero-order valence-electron chi connectivity index (χ0n) is 10.6. The third-order valence-electron chi connectivity index (χ3n) is 3.40. The zero-order chi connectivity index (χ0) is 12.3. The maximum absolute atomic E-state index is 5.26. The van der Waals surface area contributed by atoms with Crippen molar-refractivity contribution in [3.05, 3.63) is 18.1 Å². The Balaban J connectivity index is 1.99. The summed E-state index contributed by atoms with van der Waals surface area (Å²) in [4.78, 5) is 11.0. The predicted molar refractivity (Wildman–Crippen MR) is 68.1 cm³/mol. The SMILES string of the molecule is CC(C)C1CCCN1Cc1cnc(NN)cn1. The molecule has 3 N–H and O–H groups in total. The molecule has 1 aromatic heterocycles. The van der Waals surface area contributed by atoms with Gasteiger partial charge in [-0.25, -0.2) is 10.8 Å². The van der Waals surface area contributed by atoms with Gasteiger partial charge >= 0.3 is 0 Å². The van der Waals surface area contributed by atoms with Crippen molar-refractivity contribution in [1.82, 2.24) is 14.9 Å². The van der Waals surface area contributed by atoms with Crippen LogP contribution >= 0.6 is 0 Å². The van der Waals surface area contributed by atoms with Gasteiger partial charge < -0.3 is 5.43 Å². The molecule has 1 saturated heterocycles. The number of nitrogens with two attached hydrogens (primary N) is 1. The van der Waals surface area contributed by atoms with Gasteiger partial charge in [0.05, 0.1) is 18.1 Å². The highest BCUT2D eigenvalue weighted by Crippen LogP contribution is 2.24. The van der Waals surface area contributed by atoms with Crippen LogP contribution < -0.4 is 11.3 Å². The van der Waals surface area contributed by atoms with Crippen LogP contribution in [0.1, 0.15) is 32.4 Å². The maximum Gasteiger partial charge on any atom is 0.158 e.